The minimum absolute atomic E-state index is 0.0467. The summed E-state index contributed by atoms with van der Waals surface area (Å²) in [6, 6.07) is 5.72. The van der Waals surface area contributed by atoms with Crippen LogP contribution in [0.15, 0.2) is 30.3 Å². The summed E-state index contributed by atoms with van der Waals surface area (Å²) in [5.74, 6) is -0.567. The summed E-state index contributed by atoms with van der Waals surface area (Å²) < 4.78 is 37.9. The van der Waals surface area contributed by atoms with E-state index >= 15 is 0 Å². The van der Waals surface area contributed by atoms with E-state index in [1.807, 2.05) is 0 Å². The molecule has 1 aromatic heterocycles. The second kappa shape index (κ2) is 5.63. The van der Waals surface area contributed by atoms with Crippen LogP contribution in [0, 0.1) is 0 Å². The number of alkyl halides is 3. The van der Waals surface area contributed by atoms with Crippen LogP contribution in [-0.2, 0) is 6.18 Å². The molecule has 0 unspecified atom stereocenters. The van der Waals surface area contributed by atoms with E-state index in [1.54, 1.807) is 0 Å². The van der Waals surface area contributed by atoms with Crippen molar-refractivity contribution in [3.63, 3.8) is 0 Å². The number of thiophene rings is 1. The largest absolute Gasteiger partial charge is 0.416 e. The first-order chi connectivity index (χ1) is 9.27. The molecule has 1 N–H and O–H groups in total. The van der Waals surface area contributed by atoms with Gasteiger partial charge in [-0.15, -0.1) is 11.3 Å². The summed E-state index contributed by atoms with van der Waals surface area (Å²) in [4.78, 5) is 12.1. The van der Waals surface area contributed by atoms with Crippen LogP contribution in [-0.4, -0.2) is 5.91 Å². The molecule has 1 amide bonds. The van der Waals surface area contributed by atoms with Crippen LogP contribution < -0.4 is 5.32 Å². The monoisotopic (exact) mass is 339 g/mol. The van der Waals surface area contributed by atoms with E-state index in [0.717, 1.165) is 23.5 Å². The Kier molecular flexibility index (Phi) is 4.27. The number of hydrogen-bond donors (Lipinski definition) is 1. The molecule has 20 heavy (non-hydrogen) atoms. The predicted octanol–water partition coefficient (Wildman–Crippen LogP) is 5.33. The number of nitrogens with one attached hydrogen (secondary N) is 1. The molecule has 0 saturated heterocycles. The van der Waals surface area contributed by atoms with Crippen LogP contribution in [0.3, 0.4) is 0 Å². The molecule has 0 spiro atoms. The predicted molar refractivity (Wildman–Crippen MR) is 73.7 cm³/mol. The SMILES string of the molecule is O=C(Nc1cccc(C(F)(F)F)c1)c1cc(Cl)c(Cl)s1. The maximum absolute atomic E-state index is 12.5. The number of rotatable bonds is 2. The van der Waals surface area contributed by atoms with E-state index in [2.05, 4.69) is 5.32 Å². The lowest BCUT2D eigenvalue weighted by atomic mass is 10.2. The van der Waals surface area contributed by atoms with E-state index in [9.17, 15) is 18.0 Å². The first-order valence-electron chi connectivity index (χ1n) is 5.21. The molecule has 2 nitrogen and oxygen atoms in total. The Morgan fingerprint density at radius 1 is 1.20 bits per heavy atom. The Labute approximate surface area is 126 Å². The number of amides is 1. The zero-order chi connectivity index (χ0) is 14.9. The minimum atomic E-state index is -4.46. The molecule has 0 atom stereocenters. The summed E-state index contributed by atoms with van der Waals surface area (Å²) in [5.41, 5.74) is -0.789. The van der Waals surface area contributed by atoms with Gasteiger partial charge in [0.25, 0.3) is 5.91 Å². The Morgan fingerprint density at radius 3 is 2.45 bits per heavy atom. The van der Waals surface area contributed by atoms with Crippen molar-refractivity contribution in [2.75, 3.05) is 5.32 Å². The van der Waals surface area contributed by atoms with Gasteiger partial charge in [-0.2, -0.15) is 13.2 Å². The van der Waals surface area contributed by atoms with Gasteiger partial charge in [0, 0.05) is 5.69 Å². The normalized spacial score (nSPS) is 11.4. The average Bonchev–Trinajstić information content (AvgIpc) is 2.69. The molecule has 0 aliphatic heterocycles. The fourth-order valence-corrected chi connectivity index (χ4v) is 2.69. The molecule has 0 fully saturated rings. The fourth-order valence-electron chi connectivity index (χ4n) is 1.42. The lowest BCUT2D eigenvalue weighted by molar-refractivity contribution is -0.137. The van der Waals surface area contributed by atoms with Crippen LogP contribution in [0.4, 0.5) is 18.9 Å². The molecule has 0 saturated carbocycles. The van der Waals surface area contributed by atoms with Gasteiger partial charge in [0.05, 0.1) is 15.5 Å². The third-order valence-corrected chi connectivity index (χ3v) is 4.18. The van der Waals surface area contributed by atoms with E-state index in [0.29, 0.717) is 0 Å². The zero-order valence-electron chi connectivity index (χ0n) is 9.59. The lowest BCUT2D eigenvalue weighted by Gasteiger charge is -2.09. The Morgan fingerprint density at radius 2 is 1.90 bits per heavy atom. The molecule has 106 valence electrons. The van der Waals surface area contributed by atoms with Crippen molar-refractivity contribution in [2.45, 2.75) is 6.18 Å². The molecule has 1 aromatic carbocycles. The standard InChI is InChI=1S/C12H6Cl2F3NOS/c13-8-5-9(20-10(8)14)11(19)18-7-3-1-2-6(4-7)12(15,16)17/h1-5H,(H,18,19). The minimum Gasteiger partial charge on any atom is -0.321 e. The highest BCUT2D eigenvalue weighted by atomic mass is 35.5. The number of carbonyl (C=O) groups is 1. The fraction of sp³-hybridized carbons (Fsp3) is 0.0833. The van der Waals surface area contributed by atoms with E-state index in [-0.39, 0.29) is 19.9 Å². The number of hydrogen-bond acceptors (Lipinski definition) is 2. The zero-order valence-corrected chi connectivity index (χ0v) is 11.9. The van der Waals surface area contributed by atoms with E-state index < -0.39 is 17.6 Å². The van der Waals surface area contributed by atoms with E-state index in [4.69, 9.17) is 23.2 Å². The molecule has 8 heteroatoms. The summed E-state index contributed by atoms with van der Waals surface area (Å²) in [5, 5.41) is 2.59. The molecule has 0 aliphatic carbocycles. The van der Waals surface area contributed by atoms with Crippen molar-refractivity contribution in [1.82, 2.24) is 0 Å². The van der Waals surface area contributed by atoms with Gasteiger partial charge in [-0.3, -0.25) is 4.79 Å². The Hall–Kier alpha value is -1.24. The quantitative estimate of drug-likeness (QED) is 0.787. The highest BCUT2D eigenvalue weighted by molar-refractivity contribution is 7.18. The van der Waals surface area contributed by atoms with Crippen LogP contribution in [0.2, 0.25) is 9.36 Å². The van der Waals surface area contributed by atoms with E-state index in [1.165, 1.54) is 18.2 Å². The summed E-state index contributed by atoms with van der Waals surface area (Å²) >= 11 is 12.4. The Balaban J connectivity index is 2.20. The third kappa shape index (κ3) is 3.45. The van der Waals surface area contributed by atoms with Crippen molar-refractivity contribution >= 4 is 46.1 Å². The first kappa shape index (κ1) is 15.2. The second-order valence-electron chi connectivity index (χ2n) is 3.76. The van der Waals surface area contributed by atoms with Gasteiger partial charge in [0.15, 0.2) is 0 Å². The molecule has 0 bridgehead atoms. The smallest absolute Gasteiger partial charge is 0.321 e. The van der Waals surface area contributed by atoms with Crippen LogP contribution in [0.25, 0.3) is 0 Å². The van der Waals surface area contributed by atoms with Gasteiger partial charge >= 0.3 is 6.18 Å². The topological polar surface area (TPSA) is 29.1 Å². The van der Waals surface area contributed by atoms with Gasteiger partial charge in [0.1, 0.15) is 4.34 Å². The number of anilines is 1. The molecule has 0 aliphatic rings. The summed E-state index contributed by atoms with van der Waals surface area (Å²) in [6.07, 6.45) is -4.46. The van der Waals surface area contributed by atoms with Crippen molar-refractivity contribution in [2.24, 2.45) is 0 Å². The van der Waals surface area contributed by atoms with Crippen LogP contribution in [0.5, 0.6) is 0 Å². The molecular weight excluding hydrogens is 334 g/mol. The maximum Gasteiger partial charge on any atom is 0.416 e. The van der Waals surface area contributed by atoms with Crippen LogP contribution in [0.1, 0.15) is 15.2 Å². The first-order valence-corrected chi connectivity index (χ1v) is 6.78. The van der Waals surface area contributed by atoms with Crippen molar-refractivity contribution in [3.8, 4) is 0 Å². The van der Waals surface area contributed by atoms with Crippen molar-refractivity contribution in [3.05, 3.63) is 50.1 Å². The molecule has 2 aromatic rings. The lowest BCUT2D eigenvalue weighted by Crippen LogP contribution is -2.11. The molecule has 2 rings (SSSR count). The number of benzene rings is 1. The van der Waals surface area contributed by atoms with Gasteiger partial charge in [-0.25, -0.2) is 0 Å². The van der Waals surface area contributed by atoms with Crippen molar-refractivity contribution in [1.29, 1.82) is 0 Å². The van der Waals surface area contributed by atoms with Crippen molar-refractivity contribution < 1.29 is 18.0 Å². The average molecular weight is 340 g/mol. The highest BCUT2D eigenvalue weighted by Crippen LogP contribution is 2.33. The van der Waals surface area contributed by atoms with Gasteiger partial charge in [-0.05, 0) is 24.3 Å². The molecule has 1 heterocycles. The summed E-state index contributed by atoms with van der Waals surface area (Å²) in [7, 11) is 0. The maximum atomic E-state index is 12.5. The summed E-state index contributed by atoms with van der Waals surface area (Å²) in [6.45, 7) is 0. The Bertz CT molecular complexity index is 635. The number of halogens is 5. The van der Waals surface area contributed by atoms with Gasteiger partial charge in [-0.1, -0.05) is 29.3 Å². The van der Waals surface area contributed by atoms with Crippen LogP contribution >= 0.6 is 34.5 Å². The number of carbonyl (C=O) groups excluding carboxylic acids is 1. The third-order valence-electron chi connectivity index (χ3n) is 2.32. The van der Waals surface area contributed by atoms with Gasteiger partial charge < -0.3 is 5.32 Å². The van der Waals surface area contributed by atoms with Gasteiger partial charge in [0.2, 0.25) is 0 Å². The second-order valence-corrected chi connectivity index (χ2v) is 5.83. The molecule has 0 radical (unpaired) electrons. The molecular formula is C12H6Cl2F3NOS. The highest BCUT2D eigenvalue weighted by Gasteiger charge is 2.30.